The number of hydrogen-bond acceptors (Lipinski definition) is 19. The van der Waals surface area contributed by atoms with Crippen LogP contribution < -0.4 is 0 Å². The molecule has 336 valence electrons. The van der Waals surface area contributed by atoms with Gasteiger partial charge in [0.1, 0.15) is 13.2 Å². The number of rotatable bonds is 50. The summed E-state index contributed by atoms with van der Waals surface area (Å²) in [6.07, 6.45) is 2.22. The Morgan fingerprint density at radius 1 is 0.228 bits per heavy atom. The second-order valence-corrected chi connectivity index (χ2v) is 10.9. The molecule has 0 rings (SSSR count). The molecule has 0 saturated carbocycles. The summed E-state index contributed by atoms with van der Waals surface area (Å²) >= 11 is 0. The lowest BCUT2D eigenvalue weighted by Gasteiger charge is -2.09. The Morgan fingerprint density at radius 3 is 0.439 bits per heavy atom. The highest BCUT2D eigenvalue weighted by molar-refractivity contribution is 5.81. The Labute approximate surface area is 338 Å². The minimum Gasteiger partial charge on any atom is -0.460 e. The second kappa shape index (κ2) is 50.0. The van der Waals surface area contributed by atoms with Gasteiger partial charge in [0, 0.05) is 12.2 Å². The summed E-state index contributed by atoms with van der Waals surface area (Å²) in [5.41, 5.74) is 0. The largest absolute Gasteiger partial charge is 0.460 e. The zero-order chi connectivity index (χ0) is 41.2. The highest BCUT2D eigenvalue weighted by atomic mass is 16.6. The van der Waals surface area contributed by atoms with Gasteiger partial charge in [-0.2, -0.15) is 0 Å². The maximum atomic E-state index is 10.9. The van der Waals surface area contributed by atoms with E-state index < -0.39 is 11.9 Å². The van der Waals surface area contributed by atoms with Crippen LogP contribution in [0.3, 0.4) is 0 Å². The van der Waals surface area contributed by atoms with E-state index in [0.717, 1.165) is 12.2 Å². The van der Waals surface area contributed by atoms with Crippen LogP contribution in [0, 0.1) is 0 Å². The number of carbonyl (C=O) groups is 2. The predicted octanol–water partition coefficient (Wildman–Crippen LogP) is 0.694. The quantitative estimate of drug-likeness (QED) is 0.0472. The SMILES string of the molecule is C=CC(=O)OCCOCCOCCOCCOCCOCCOCCOCCOCCOCCOCCOCCOCCOCCOCCOCCOC(=O)C=C. The van der Waals surface area contributed by atoms with E-state index in [1.807, 2.05) is 0 Å². The molecule has 19 heteroatoms. The Balaban J connectivity index is 3.08. The predicted molar refractivity (Wildman–Crippen MR) is 205 cm³/mol. The van der Waals surface area contributed by atoms with Gasteiger partial charge in [0.2, 0.25) is 0 Å². The van der Waals surface area contributed by atoms with E-state index in [9.17, 15) is 9.59 Å². The van der Waals surface area contributed by atoms with Crippen molar-refractivity contribution in [3.63, 3.8) is 0 Å². The standard InChI is InChI=1S/C38H70O19/c1-3-37(39)56-35-33-54-31-29-52-27-25-50-23-21-48-19-17-46-15-13-44-11-9-42-7-5-41-6-8-43-10-12-45-14-16-47-18-20-49-22-24-51-26-28-53-30-32-55-34-36-57-38(40)4-2/h3-4H,1-2,5-36H2. The lowest BCUT2D eigenvalue weighted by Crippen LogP contribution is -2.16. The normalized spacial score (nSPS) is 11.2. The van der Waals surface area contributed by atoms with E-state index >= 15 is 0 Å². The fourth-order valence-corrected chi connectivity index (χ4v) is 3.70. The molecule has 0 N–H and O–H groups in total. The third-order valence-electron chi connectivity index (χ3n) is 6.49. The summed E-state index contributed by atoms with van der Waals surface area (Å²) < 4.78 is 91.0. The molecule has 0 heterocycles. The molecular weight excluding hydrogens is 760 g/mol. The second-order valence-electron chi connectivity index (χ2n) is 10.9. The van der Waals surface area contributed by atoms with Crippen molar-refractivity contribution in [1.82, 2.24) is 0 Å². The smallest absolute Gasteiger partial charge is 0.330 e. The molecule has 0 spiro atoms. The van der Waals surface area contributed by atoms with Crippen molar-refractivity contribution in [2.45, 2.75) is 0 Å². The first-order chi connectivity index (χ1) is 28.2. The summed E-state index contributed by atoms with van der Waals surface area (Å²) in [6.45, 7) is 20.8. The molecule has 0 atom stereocenters. The first-order valence-electron chi connectivity index (χ1n) is 19.4. The maximum absolute atomic E-state index is 10.9. The molecular formula is C38H70O19. The molecule has 0 radical (unpaired) electrons. The van der Waals surface area contributed by atoms with Crippen LogP contribution in [0.4, 0.5) is 0 Å². The van der Waals surface area contributed by atoms with Gasteiger partial charge in [-0.3, -0.25) is 0 Å². The zero-order valence-electron chi connectivity index (χ0n) is 34.0. The zero-order valence-corrected chi connectivity index (χ0v) is 34.0. The third-order valence-corrected chi connectivity index (χ3v) is 6.49. The van der Waals surface area contributed by atoms with Crippen molar-refractivity contribution < 1.29 is 90.1 Å². The minimum absolute atomic E-state index is 0.191. The number of esters is 2. The third kappa shape index (κ3) is 49.9. The van der Waals surface area contributed by atoms with Gasteiger partial charge < -0.3 is 80.5 Å². The van der Waals surface area contributed by atoms with Gasteiger partial charge in [-0.05, 0) is 0 Å². The van der Waals surface area contributed by atoms with Crippen molar-refractivity contribution >= 4 is 11.9 Å². The molecule has 0 aromatic heterocycles. The van der Waals surface area contributed by atoms with Gasteiger partial charge in [-0.25, -0.2) is 9.59 Å². The Bertz CT molecular complexity index is 787. The van der Waals surface area contributed by atoms with Crippen molar-refractivity contribution in [3.05, 3.63) is 25.3 Å². The molecule has 0 aliphatic heterocycles. The number of carbonyl (C=O) groups excluding carboxylic acids is 2. The highest BCUT2D eigenvalue weighted by Crippen LogP contribution is 1.89. The molecule has 57 heavy (non-hydrogen) atoms. The highest BCUT2D eigenvalue weighted by Gasteiger charge is 1.99. The van der Waals surface area contributed by atoms with Gasteiger partial charge in [0.05, 0.1) is 198 Å². The summed E-state index contributed by atoms with van der Waals surface area (Å²) in [5, 5.41) is 0. The molecule has 0 unspecified atom stereocenters. The van der Waals surface area contributed by atoms with Crippen LogP contribution in [0.15, 0.2) is 25.3 Å². The van der Waals surface area contributed by atoms with E-state index in [4.69, 9.17) is 80.5 Å². The summed E-state index contributed by atoms with van der Waals surface area (Å²) in [7, 11) is 0. The molecule has 0 aliphatic carbocycles. The number of ether oxygens (including phenoxy) is 17. The van der Waals surface area contributed by atoms with Crippen LogP contribution in [0.2, 0.25) is 0 Å². The summed E-state index contributed by atoms with van der Waals surface area (Å²) in [4.78, 5) is 21.7. The molecule has 0 aliphatic rings. The Morgan fingerprint density at radius 2 is 0.333 bits per heavy atom. The molecule has 0 saturated heterocycles. The van der Waals surface area contributed by atoms with Gasteiger partial charge in [-0.15, -0.1) is 0 Å². The van der Waals surface area contributed by atoms with E-state index in [0.29, 0.717) is 198 Å². The van der Waals surface area contributed by atoms with Crippen LogP contribution in [0.5, 0.6) is 0 Å². The van der Waals surface area contributed by atoms with Crippen molar-refractivity contribution in [3.8, 4) is 0 Å². The topological polar surface area (TPSA) is 191 Å². The molecule has 19 nitrogen and oxygen atoms in total. The Kier molecular flexibility index (Phi) is 48.1. The minimum atomic E-state index is -0.464. The molecule has 0 bridgehead atoms. The number of hydrogen-bond donors (Lipinski definition) is 0. The fourth-order valence-electron chi connectivity index (χ4n) is 3.70. The average Bonchev–Trinajstić information content (AvgIpc) is 3.22. The average molecular weight is 831 g/mol. The first-order valence-corrected chi connectivity index (χ1v) is 19.4. The van der Waals surface area contributed by atoms with E-state index in [1.54, 1.807) is 0 Å². The van der Waals surface area contributed by atoms with Gasteiger partial charge in [-0.1, -0.05) is 13.2 Å². The first kappa shape index (κ1) is 54.8. The van der Waals surface area contributed by atoms with Gasteiger partial charge >= 0.3 is 11.9 Å². The van der Waals surface area contributed by atoms with Crippen LogP contribution in [0.25, 0.3) is 0 Å². The maximum Gasteiger partial charge on any atom is 0.330 e. The van der Waals surface area contributed by atoms with Crippen LogP contribution in [-0.4, -0.2) is 223 Å². The van der Waals surface area contributed by atoms with Crippen LogP contribution in [0.1, 0.15) is 0 Å². The van der Waals surface area contributed by atoms with Crippen LogP contribution >= 0.6 is 0 Å². The van der Waals surface area contributed by atoms with E-state index in [-0.39, 0.29) is 13.2 Å². The molecule has 0 aromatic rings. The van der Waals surface area contributed by atoms with Gasteiger partial charge in [0.15, 0.2) is 0 Å². The van der Waals surface area contributed by atoms with Crippen LogP contribution in [-0.2, 0) is 90.1 Å². The van der Waals surface area contributed by atoms with E-state index in [2.05, 4.69) is 13.2 Å². The van der Waals surface area contributed by atoms with Crippen molar-refractivity contribution in [1.29, 1.82) is 0 Å². The summed E-state index contributed by atoms with van der Waals surface area (Å²) in [5.74, 6) is -0.929. The molecule has 0 amide bonds. The van der Waals surface area contributed by atoms with Crippen molar-refractivity contribution in [2.75, 3.05) is 211 Å². The molecule has 0 fully saturated rings. The monoisotopic (exact) mass is 830 g/mol. The molecule has 0 aromatic carbocycles. The van der Waals surface area contributed by atoms with Gasteiger partial charge in [0.25, 0.3) is 0 Å². The lowest BCUT2D eigenvalue weighted by atomic mass is 10.6. The Hall–Kier alpha value is -2.18. The fraction of sp³-hybridized carbons (Fsp3) is 0.842. The summed E-state index contributed by atoms with van der Waals surface area (Å²) in [6, 6.07) is 0. The lowest BCUT2D eigenvalue weighted by molar-refractivity contribution is -0.140. The van der Waals surface area contributed by atoms with Crippen molar-refractivity contribution in [2.24, 2.45) is 0 Å². The van der Waals surface area contributed by atoms with E-state index in [1.165, 1.54) is 0 Å².